The van der Waals surface area contributed by atoms with Gasteiger partial charge >= 0.3 is 0 Å². The second-order valence-electron chi connectivity index (χ2n) is 6.97. The van der Waals surface area contributed by atoms with Crippen LogP contribution in [0.5, 0.6) is 11.5 Å². The third-order valence-electron chi connectivity index (χ3n) is 4.84. The molecule has 6 nitrogen and oxygen atoms in total. The van der Waals surface area contributed by atoms with Crippen molar-refractivity contribution in [3.8, 4) is 11.5 Å². The predicted octanol–water partition coefficient (Wildman–Crippen LogP) is 3.69. The smallest absolute Gasteiger partial charge is 0.191 e. The number of benzene rings is 1. The number of aryl methyl sites for hydroxylation is 1. The zero-order valence-corrected chi connectivity index (χ0v) is 17.8. The molecule has 152 valence electrons. The number of thiazole rings is 1. The number of aliphatic imine (C=N–C) groups is 1. The van der Waals surface area contributed by atoms with Crippen molar-refractivity contribution < 1.29 is 9.47 Å². The lowest BCUT2D eigenvalue weighted by atomic mass is 10.2. The van der Waals surface area contributed by atoms with Crippen LogP contribution in [0.25, 0.3) is 0 Å². The first-order valence-corrected chi connectivity index (χ1v) is 10.7. The Morgan fingerprint density at radius 3 is 2.79 bits per heavy atom. The van der Waals surface area contributed by atoms with E-state index in [4.69, 9.17) is 9.47 Å². The molecule has 0 saturated heterocycles. The highest BCUT2D eigenvalue weighted by Crippen LogP contribution is 2.30. The van der Waals surface area contributed by atoms with E-state index in [2.05, 4.69) is 33.6 Å². The van der Waals surface area contributed by atoms with Crippen molar-refractivity contribution in [2.24, 2.45) is 4.99 Å². The van der Waals surface area contributed by atoms with Gasteiger partial charge in [0.15, 0.2) is 5.96 Å². The lowest BCUT2D eigenvalue weighted by Crippen LogP contribution is -2.38. The van der Waals surface area contributed by atoms with Gasteiger partial charge in [0.1, 0.15) is 11.5 Å². The van der Waals surface area contributed by atoms with Gasteiger partial charge in [0.05, 0.1) is 18.2 Å². The molecule has 28 heavy (non-hydrogen) atoms. The molecular weight excluding hydrogens is 372 g/mol. The van der Waals surface area contributed by atoms with Gasteiger partial charge in [-0.05, 0) is 44.7 Å². The summed E-state index contributed by atoms with van der Waals surface area (Å²) < 4.78 is 11.6. The number of rotatable bonds is 8. The Bertz CT molecular complexity index is 784. The fourth-order valence-electron chi connectivity index (χ4n) is 3.31. The normalized spacial score (nSPS) is 14.9. The second-order valence-corrected chi connectivity index (χ2v) is 8.28. The molecule has 0 unspecified atom stereocenters. The number of guanidine groups is 1. The summed E-state index contributed by atoms with van der Waals surface area (Å²) in [5.41, 5.74) is 1.10. The number of hydrogen-bond acceptors (Lipinski definition) is 5. The average molecular weight is 403 g/mol. The van der Waals surface area contributed by atoms with Gasteiger partial charge in [0.25, 0.3) is 0 Å². The standard InChI is InChI=1S/C21H30N4O2S/c1-15-13-24-20(28-15)10-11-23-21(22-2)25-14-16-8-9-18(26-3)12-19(16)27-17-6-4-5-7-17/h8-9,12-13,17H,4-7,10-11,14H2,1-3H3,(H2,22,23,25). The number of ether oxygens (including phenoxy) is 2. The number of nitrogens with one attached hydrogen (secondary N) is 2. The fraction of sp³-hybridized carbons (Fsp3) is 0.524. The summed E-state index contributed by atoms with van der Waals surface area (Å²) in [5.74, 6) is 2.49. The molecule has 2 N–H and O–H groups in total. The van der Waals surface area contributed by atoms with Crippen LogP contribution in [0.2, 0.25) is 0 Å². The number of aromatic nitrogens is 1. The highest BCUT2D eigenvalue weighted by atomic mass is 32.1. The third kappa shape index (κ3) is 5.86. The Morgan fingerprint density at radius 1 is 1.29 bits per heavy atom. The summed E-state index contributed by atoms with van der Waals surface area (Å²) in [6.07, 6.45) is 7.87. The molecule has 0 atom stereocenters. The van der Waals surface area contributed by atoms with Gasteiger partial charge in [-0.2, -0.15) is 0 Å². The van der Waals surface area contributed by atoms with Crippen molar-refractivity contribution in [3.63, 3.8) is 0 Å². The van der Waals surface area contributed by atoms with Crippen molar-refractivity contribution in [3.05, 3.63) is 39.8 Å². The van der Waals surface area contributed by atoms with Gasteiger partial charge in [-0.1, -0.05) is 0 Å². The highest BCUT2D eigenvalue weighted by Gasteiger charge is 2.18. The Balaban J connectivity index is 1.55. The van der Waals surface area contributed by atoms with Crippen LogP contribution in [0, 0.1) is 6.92 Å². The number of methoxy groups -OCH3 is 1. The summed E-state index contributed by atoms with van der Waals surface area (Å²) in [6.45, 7) is 3.51. The number of hydrogen-bond donors (Lipinski definition) is 2. The summed E-state index contributed by atoms with van der Waals surface area (Å²) in [6, 6.07) is 6.01. The average Bonchev–Trinajstić information content (AvgIpc) is 3.37. The highest BCUT2D eigenvalue weighted by molar-refractivity contribution is 7.11. The van der Waals surface area contributed by atoms with Crippen molar-refractivity contribution >= 4 is 17.3 Å². The van der Waals surface area contributed by atoms with E-state index in [1.807, 2.05) is 18.3 Å². The van der Waals surface area contributed by atoms with Crippen LogP contribution in [0.15, 0.2) is 29.4 Å². The molecule has 1 fully saturated rings. The van der Waals surface area contributed by atoms with Crippen LogP contribution in [0.1, 0.15) is 41.1 Å². The first kappa shape index (κ1) is 20.5. The van der Waals surface area contributed by atoms with Crippen LogP contribution >= 0.6 is 11.3 Å². The summed E-state index contributed by atoms with van der Waals surface area (Å²) in [4.78, 5) is 9.96. The number of nitrogens with zero attached hydrogens (tertiary/aromatic N) is 2. The fourth-order valence-corrected chi connectivity index (χ4v) is 4.09. The molecule has 1 aromatic heterocycles. The molecule has 2 aromatic rings. The molecule has 0 bridgehead atoms. The maximum absolute atomic E-state index is 6.27. The predicted molar refractivity (Wildman–Crippen MR) is 115 cm³/mol. The van der Waals surface area contributed by atoms with Gasteiger partial charge in [-0.25, -0.2) is 4.98 Å². The molecular formula is C21H30N4O2S. The maximum Gasteiger partial charge on any atom is 0.191 e. The van der Waals surface area contributed by atoms with Crippen LogP contribution in [-0.2, 0) is 13.0 Å². The maximum atomic E-state index is 6.27. The van der Waals surface area contributed by atoms with Crippen molar-refractivity contribution in [2.75, 3.05) is 20.7 Å². The van der Waals surface area contributed by atoms with Crippen LogP contribution in [0.4, 0.5) is 0 Å². The van der Waals surface area contributed by atoms with E-state index < -0.39 is 0 Å². The Labute approximate surface area is 171 Å². The van der Waals surface area contributed by atoms with E-state index >= 15 is 0 Å². The van der Waals surface area contributed by atoms with E-state index in [1.165, 1.54) is 17.7 Å². The molecule has 7 heteroatoms. The molecule has 1 aliphatic rings. The molecule has 0 radical (unpaired) electrons. The van der Waals surface area contributed by atoms with Gasteiger partial charge in [-0.15, -0.1) is 11.3 Å². The van der Waals surface area contributed by atoms with E-state index in [0.29, 0.717) is 12.6 Å². The van der Waals surface area contributed by atoms with Gasteiger partial charge < -0.3 is 20.1 Å². The zero-order chi connectivity index (χ0) is 19.8. The van der Waals surface area contributed by atoms with Crippen molar-refractivity contribution in [2.45, 2.75) is 51.7 Å². The lowest BCUT2D eigenvalue weighted by Gasteiger charge is -2.18. The van der Waals surface area contributed by atoms with Crippen molar-refractivity contribution in [1.29, 1.82) is 0 Å². The van der Waals surface area contributed by atoms with E-state index in [0.717, 1.165) is 53.8 Å². The molecule has 1 heterocycles. The monoisotopic (exact) mass is 402 g/mol. The molecule has 0 amide bonds. The molecule has 0 spiro atoms. The molecule has 1 aromatic carbocycles. The Morgan fingerprint density at radius 2 is 2.11 bits per heavy atom. The molecule has 1 saturated carbocycles. The van der Waals surface area contributed by atoms with E-state index in [1.54, 1.807) is 25.5 Å². The van der Waals surface area contributed by atoms with Crippen molar-refractivity contribution in [1.82, 2.24) is 15.6 Å². The second kappa shape index (κ2) is 10.3. The topological polar surface area (TPSA) is 67.8 Å². The van der Waals surface area contributed by atoms with Crippen LogP contribution < -0.4 is 20.1 Å². The zero-order valence-electron chi connectivity index (χ0n) is 17.0. The Hall–Kier alpha value is -2.28. The summed E-state index contributed by atoms with van der Waals surface area (Å²) in [7, 11) is 3.47. The van der Waals surface area contributed by atoms with E-state index in [9.17, 15) is 0 Å². The SMILES string of the molecule is CN=C(NCCc1ncc(C)s1)NCc1ccc(OC)cc1OC1CCCC1. The van der Waals surface area contributed by atoms with Gasteiger partial charge in [0.2, 0.25) is 0 Å². The van der Waals surface area contributed by atoms with Gasteiger partial charge in [-0.3, -0.25) is 4.99 Å². The lowest BCUT2D eigenvalue weighted by molar-refractivity contribution is 0.207. The van der Waals surface area contributed by atoms with Crippen LogP contribution in [-0.4, -0.2) is 37.7 Å². The van der Waals surface area contributed by atoms with Gasteiger partial charge in [0, 0.05) is 49.3 Å². The first-order valence-electron chi connectivity index (χ1n) is 9.87. The minimum Gasteiger partial charge on any atom is -0.497 e. The van der Waals surface area contributed by atoms with Crippen LogP contribution in [0.3, 0.4) is 0 Å². The molecule has 0 aliphatic heterocycles. The summed E-state index contributed by atoms with van der Waals surface area (Å²) in [5, 5.41) is 7.88. The quantitative estimate of drug-likeness (QED) is 0.521. The molecule has 3 rings (SSSR count). The summed E-state index contributed by atoms with van der Waals surface area (Å²) >= 11 is 1.74. The first-order chi connectivity index (χ1) is 13.7. The minimum atomic E-state index is 0.310. The third-order valence-corrected chi connectivity index (χ3v) is 5.81. The Kier molecular flexibility index (Phi) is 7.54. The minimum absolute atomic E-state index is 0.310. The molecule has 1 aliphatic carbocycles. The largest absolute Gasteiger partial charge is 0.497 e. The van der Waals surface area contributed by atoms with E-state index in [-0.39, 0.29) is 0 Å².